The van der Waals surface area contributed by atoms with Crippen molar-refractivity contribution >= 4 is 42.4 Å². The van der Waals surface area contributed by atoms with E-state index in [0.29, 0.717) is 12.8 Å². The maximum atomic E-state index is 11.8. The van der Waals surface area contributed by atoms with Crippen molar-refractivity contribution < 1.29 is 34.8 Å². The topological polar surface area (TPSA) is 161 Å². The third-order valence-electron chi connectivity index (χ3n) is 3.23. The number of hydrogen-bond donors (Lipinski definition) is 2. The van der Waals surface area contributed by atoms with Crippen LogP contribution in [0.3, 0.4) is 0 Å². The summed E-state index contributed by atoms with van der Waals surface area (Å²) in [6, 6.07) is 0. The third-order valence-corrected chi connectivity index (χ3v) is 5.02. The fourth-order valence-corrected chi connectivity index (χ4v) is 3.93. The predicted molar refractivity (Wildman–Crippen MR) is 79.9 cm³/mol. The molecule has 0 spiro atoms. The van der Waals surface area contributed by atoms with Crippen molar-refractivity contribution in [3.63, 3.8) is 0 Å². The summed E-state index contributed by atoms with van der Waals surface area (Å²) in [6.07, 6.45) is 0.876. The molecule has 2 N–H and O–H groups in total. The zero-order valence-corrected chi connectivity index (χ0v) is 14.1. The number of nitrogens with zero attached hydrogens (tertiary/aromatic N) is 2. The highest BCUT2D eigenvalue weighted by molar-refractivity contribution is 7.87. The number of benzene rings is 1. The van der Waals surface area contributed by atoms with E-state index in [0.717, 1.165) is 0 Å². The van der Waals surface area contributed by atoms with Crippen LogP contribution in [0.2, 0.25) is 0 Å². The van der Waals surface area contributed by atoms with Crippen LogP contribution in [0, 0.1) is 6.92 Å². The molecular formula is C12H12N2O8S2. The number of aromatic nitrogens is 2. The van der Waals surface area contributed by atoms with Crippen LogP contribution >= 0.6 is 0 Å². The van der Waals surface area contributed by atoms with Gasteiger partial charge >= 0.3 is 10.1 Å². The quantitative estimate of drug-likeness (QED) is 0.641. The number of aryl methyl sites for hydroxylation is 2. The molecule has 3 rings (SSSR count). The van der Waals surface area contributed by atoms with Gasteiger partial charge in [0.1, 0.15) is 11.0 Å². The molecule has 0 radical (unpaired) electrons. The first-order valence-corrected chi connectivity index (χ1v) is 9.59. The van der Waals surface area contributed by atoms with Crippen LogP contribution in [0.1, 0.15) is 25.1 Å². The second-order valence-corrected chi connectivity index (χ2v) is 7.77. The van der Waals surface area contributed by atoms with Crippen molar-refractivity contribution in [2.75, 3.05) is 0 Å². The Morgan fingerprint density at radius 1 is 0.917 bits per heavy atom. The Labute approximate surface area is 136 Å². The minimum Gasteiger partial charge on any atom is -0.439 e. The van der Waals surface area contributed by atoms with Crippen LogP contribution in [0.25, 0.3) is 22.2 Å². The summed E-state index contributed by atoms with van der Waals surface area (Å²) in [4.78, 5) is 6.22. The lowest BCUT2D eigenvalue weighted by molar-refractivity contribution is 0.473. The van der Waals surface area contributed by atoms with Crippen LogP contribution in [0.5, 0.6) is 0 Å². The van der Waals surface area contributed by atoms with E-state index >= 15 is 0 Å². The molecule has 0 aliphatic rings. The predicted octanol–water partition coefficient (Wildman–Crippen LogP) is 1.72. The van der Waals surface area contributed by atoms with Gasteiger partial charge in [-0.25, -0.2) is 9.97 Å². The van der Waals surface area contributed by atoms with Crippen molar-refractivity contribution in [3.8, 4) is 0 Å². The summed E-state index contributed by atoms with van der Waals surface area (Å²) in [5.41, 5.74) is -1.94. The second-order valence-electron chi connectivity index (χ2n) is 5.05. The highest BCUT2D eigenvalue weighted by Gasteiger charge is 2.34. The van der Waals surface area contributed by atoms with Crippen molar-refractivity contribution in [3.05, 3.63) is 11.8 Å². The van der Waals surface area contributed by atoms with Crippen LogP contribution in [0.15, 0.2) is 18.6 Å². The van der Waals surface area contributed by atoms with Crippen LogP contribution in [0.4, 0.5) is 0 Å². The van der Waals surface area contributed by atoms with Gasteiger partial charge in [0.25, 0.3) is 10.1 Å². The van der Waals surface area contributed by atoms with Gasteiger partial charge in [0.15, 0.2) is 32.7 Å². The first-order valence-electron chi connectivity index (χ1n) is 6.71. The van der Waals surface area contributed by atoms with Gasteiger partial charge in [-0.1, -0.05) is 6.92 Å². The largest absolute Gasteiger partial charge is 0.439 e. The Balaban J connectivity index is 2.67. The van der Waals surface area contributed by atoms with Crippen molar-refractivity contribution in [1.82, 2.24) is 9.97 Å². The van der Waals surface area contributed by atoms with Gasteiger partial charge in [-0.3, -0.25) is 9.11 Å². The average molecular weight is 376 g/mol. The fraction of sp³-hybridized carbons (Fsp3) is 0.333. The lowest BCUT2D eigenvalue weighted by Crippen LogP contribution is -2.05. The Morgan fingerprint density at radius 2 is 1.46 bits per heavy atom. The molecule has 24 heavy (non-hydrogen) atoms. The average Bonchev–Trinajstić information content (AvgIpc) is 2.94. The van der Waals surface area contributed by atoms with E-state index in [2.05, 4.69) is 9.97 Å². The van der Waals surface area contributed by atoms with E-state index in [1.165, 1.54) is 6.92 Å². The molecule has 0 amide bonds. The molecule has 0 aliphatic heterocycles. The maximum absolute atomic E-state index is 11.8. The molecule has 0 atom stereocenters. The zero-order valence-electron chi connectivity index (χ0n) is 12.5. The molecule has 0 aliphatic carbocycles. The monoisotopic (exact) mass is 376 g/mol. The lowest BCUT2D eigenvalue weighted by Gasteiger charge is -2.03. The first-order chi connectivity index (χ1) is 11.0. The van der Waals surface area contributed by atoms with Crippen molar-refractivity contribution in [1.29, 1.82) is 0 Å². The molecule has 2 heterocycles. The Kier molecular flexibility index (Phi) is 3.67. The molecule has 130 valence electrons. The van der Waals surface area contributed by atoms with Crippen molar-refractivity contribution in [2.24, 2.45) is 0 Å². The summed E-state index contributed by atoms with van der Waals surface area (Å²) >= 11 is 0. The number of fused-ring (bicyclic) bond motifs is 2. The van der Waals surface area contributed by atoms with Gasteiger partial charge in [0, 0.05) is 13.3 Å². The van der Waals surface area contributed by atoms with Crippen LogP contribution in [-0.2, 0) is 26.7 Å². The Hall–Kier alpha value is -2.02. The molecule has 0 bridgehead atoms. The minimum absolute atomic E-state index is 0.0478. The van der Waals surface area contributed by atoms with Gasteiger partial charge in [-0.05, 0) is 6.42 Å². The molecule has 0 saturated carbocycles. The second kappa shape index (κ2) is 5.24. The number of rotatable bonds is 4. The Bertz CT molecular complexity index is 1080. The van der Waals surface area contributed by atoms with Gasteiger partial charge in [0.2, 0.25) is 0 Å². The van der Waals surface area contributed by atoms with Crippen molar-refractivity contribution in [2.45, 2.75) is 36.5 Å². The van der Waals surface area contributed by atoms with Gasteiger partial charge in [-0.15, -0.1) is 0 Å². The molecular weight excluding hydrogens is 364 g/mol. The highest BCUT2D eigenvalue weighted by Crippen LogP contribution is 2.38. The normalized spacial score (nSPS) is 13.2. The van der Waals surface area contributed by atoms with Gasteiger partial charge in [-0.2, -0.15) is 16.8 Å². The van der Waals surface area contributed by atoms with E-state index in [4.69, 9.17) is 8.83 Å². The molecule has 12 heteroatoms. The van der Waals surface area contributed by atoms with E-state index < -0.39 is 52.2 Å². The minimum atomic E-state index is -4.85. The highest BCUT2D eigenvalue weighted by atomic mass is 32.2. The molecule has 3 aromatic rings. The SMILES string of the molecule is CCCc1nc2c(S(=O)(=O)O)c3nc(C)oc3c(S(=O)(=O)O)c2o1. The third kappa shape index (κ3) is 2.56. The molecule has 0 fully saturated rings. The number of oxazole rings is 2. The molecule has 2 aromatic heterocycles. The standard InChI is InChI=1S/C12H12N2O8S2/c1-3-4-6-14-8-10(22-6)12(24(18,19)20)9-7(13-5(2)21-9)11(8)23(15,16)17/h3-4H2,1-2H3,(H,15,16,17)(H,18,19,20). The van der Waals surface area contributed by atoms with E-state index in [1.54, 1.807) is 6.92 Å². The van der Waals surface area contributed by atoms with E-state index in [9.17, 15) is 25.9 Å². The van der Waals surface area contributed by atoms with Gasteiger partial charge in [0.05, 0.1) is 0 Å². The number of hydrogen-bond acceptors (Lipinski definition) is 8. The summed E-state index contributed by atoms with van der Waals surface area (Å²) in [5, 5.41) is 0. The van der Waals surface area contributed by atoms with Crippen LogP contribution in [-0.4, -0.2) is 35.9 Å². The maximum Gasteiger partial charge on any atom is 0.302 e. The summed E-state index contributed by atoms with van der Waals surface area (Å²) in [5.74, 6) is -0.0205. The lowest BCUT2D eigenvalue weighted by atomic mass is 10.3. The molecule has 0 unspecified atom stereocenters. The summed E-state index contributed by atoms with van der Waals surface area (Å²) < 4.78 is 76.6. The smallest absolute Gasteiger partial charge is 0.302 e. The van der Waals surface area contributed by atoms with E-state index in [1.807, 2.05) is 0 Å². The van der Waals surface area contributed by atoms with E-state index in [-0.39, 0.29) is 11.8 Å². The summed E-state index contributed by atoms with van der Waals surface area (Å²) in [6.45, 7) is 3.15. The summed E-state index contributed by atoms with van der Waals surface area (Å²) in [7, 11) is -9.68. The molecule has 1 aromatic carbocycles. The van der Waals surface area contributed by atoms with Gasteiger partial charge < -0.3 is 8.83 Å². The molecule has 10 nitrogen and oxygen atoms in total. The zero-order chi connectivity index (χ0) is 17.9. The Morgan fingerprint density at radius 3 is 2.00 bits per heavy atom. The molecule has 0 saturated heterocycles. The fourth-order valence-electron chi connectivity index (χ4n) is 2.42. The first kappa shape index (κ1) is 16.8. The van der Waals surface area contributed by atoms with Crippen LogP contribution < -0.4 is 0 Å².